The number of aliphatic imine (C=N–C) groups is 1. The van der Waals surface area contributed by atoms with Gasteiger partial charge in [-0.3, -0.25) is 4.99 Å². The van der Waals surface area contributed by atoms with Crippen molar-refractivity contribution in [2.75, 3.05) is 26.2 Å². The highest BCUT2D eigenvalue weighted by atomic mass is 16.5. The zero-order chi connectivity index (χ0) is 18.3. The molecule has 2 atom stereocenters. The van der Waals surface area contributed by atoms with Crippen molar-refractivity contribution >= 4 is 5.96 Å². The second kappa shape index (κ2) is 9.17. The molecule has 2 heterocycles. The van der Waals surface area contributed by atoms with E-state index in [2.05, 4.69) is 48.5 Å². The molecule has 0 spiro atoms. The number of aryl methyl sites for hydroxylation is 1. The summed E-state index contributed by atoms with van der Waals surface area (Å²) < 4.78 is 11.2. The molecular formula is C18H33N5O2. The average molecular weight is 351 g/mol. The van der Waals surface area contributed by atoms with Crippen LogP contribution in [0.2, 0.25) is 0 Å². The summed E-state index contributed by atoms with van der Waals surface area (Å²) in [5.41, 5.74) is 0.141. The van der Waals surface area contributed by atoms with Crippen molar-refractivity contribution in [1.82, 2.24) is 20.8 Å². The first-order valence-corrected chi connectivity index (χ1v) is 9.33. The van der Waals surface area contributed by atoms with Crippen LogP contribution in [0.3, 0.4) is 0 Å². The minimum absolute atomic E-state index is 0.141. The van der Waals surface area contributed by atoms with Crippen molar-refractivity contribution in [3.8, 4) is 0 Å². The quantitative estimate of drug-likeness (QED) is 0.604. The van der Waals surface area contributed by atoms with Crippen molar-refractivity contribution in [3.63, 3.8) is 0 Å². The van der Waals surface area contributed by atoms with Crippen LogP contribution in [0.4, 0.5) is 0 Å². The third-order valence-electron chi connectivity index (χ3n) is 4.33. The summed E-state index contributed by atoms with van der Waals surface area (Å²) in [7, 11) is 0. The van der Waals surface area contributed by atoms with E-state index in [9.17, 15) is 0 Å². The Labute approximate surface area is 151 Å². The standard InChI is InChI=1S/C18H33N5O2/c1-6-19-17(20-10-9-15-22-13(2)23-25-15)21-12-14-8-7-11-24-16(14)18(3,4)5/h14,16H,6-12H2,1-5H3,(H2,19,20,21). The van der Waals surface area contributed by atoms with E-state index in [4.69, 9.17) is 14.3 Å². The van der Waals surface area contributed by atoms with E-state index in [1.54, 1.807) is 0 Å². The first-order valence-electron chi connectivity index (χ1n) is 9.33. The zero-order valence-electron chi connectivity index (χ0n) is 16.3. The first kappa shape index (κ1) is 19.7. The molecule has 0 aromatic carbocycles. The molecule has 1 saturated heterocycles. The minimum Gasteiger partial charge on any atom is -0.377 e. The topological polar surface area (TPSA) is 84.6 Å². The van der Waals surface area contributed by atoms with Gasteiger partial charge in [0.2, 0.25) is 5.89 Å². The van der Waals surface area contributed by atoms with Crippen LogP contribution in [-0.2, 0) is 11.2 Å². The van der Waals surface area contributed by atoms with Gasteiger partial charge in [0.15, 0.2) is 11.8 Å². The summed E-state index contributed by atoms with van der Waals surface area (Å²) >= 11 is 0. The van der Waals surface area contributed by atoms with Gasteiger partial charge in [0.25, 0.3) is 0 Å². The molecule has 1 aliphatic heterocycles. The highest BCUT2D eigenvalue weighted by Gasteiger charge is 2.35. The lowest BCUT2D eigenvalue weighted by molar-refractivity contribution is -0.0823. The van der Waals surface area contributed by atoms with Crippen molar-refractivity contribution in [2.45, 2.75) is 60.0 Å². The maximum atomic E-state index is 6.05. The van der Waals surface area contributed by atoms with E-state index in [1.807, 2.05) is 6.92 Å². The Morgan fingerprint density at radius 3 is 2.76 bits per heavy atom. The van der Waals surface area contributed by atoms with E-state index in [1.165, 1.54) is 6.42 Å². The highest BCUT2D eigenvalue weighted by Crippen LogP contribution is 2.34. The van der Waals surface area contributed by atoms with Gasteiger partial charge in [-0.05, 0) is 32.1 Å². The van der Waals surface area contributed by atoms with Gasteiger partial charge in [-0.25, -0.2) is 0 Å². The largest absolute Gasteiger partial charge is 0.377 e. The van der Waals surface area contributed by atoms with Gasteiger partial charge in [0.1, 0.15) is 0 Å². The van der Waals surface area contributed by atoms with E-state index in [0.717, 1.165) is 32.1 Å². The van der Waals surface area contributed by atoms with Crippen LogP contribution in [0.25, 0.3) is 0 Å². The van der Waals surface area contributed by atoms with Crippen LogP contribution in [0.15, 0.2) is 9.52 Å². The average Bonchev–Trinajstić information content (AvgIpc) is 2.97. The van der Waals surface area contributed by atoms with Gasteiger partial charge in [-0.15, -0.1) is 0 Å². The summed E-state index contributed by atoms with van der Waals surface area (Å²) in [6, 6.07) is 0. The Morgan fingerprint density at radius 2 is 2.12 bits per heavy atom. The van der Waals surface area contributed by atoms with Gasteiger partial charge in [-0.2, -0.15) is 4.98 Å². The highest BCUT2D eigenvalue weighted by molar-refractivity contribution is 5.79. The van der Waals surface area contributed by atoms with Crippen molar-refractivity contribution < 1.29 is 9.26 Å². The Balaban J connectivity index is 1.88. The SMILES string of the molecule is CCNC(=NCC1CCCOC1C(C)(C)C)NCCc1nc(C)no1. The lowest BCUT2D eigenvalue weighted by Gasteiger charge is -2.39. The molecule has 142 valence electrons. The summed E-state index contributed by atoms with van der Waals surface area (Å²) in [4.78, 5) is 9.00. The van der Waals surface area contributed by atoms with E-state index in [0.29, 0.717) is 30.6 Å². The van der Waals surface area contributed by atoms with Crippen LogP contribution >= 0.6 is 0 Å². The van der Waals surface area contributed by atoms with Gasteiger partial charge >= 0.3 is 0 Å². The predicted octanol–water partition coefficient (Wildman–Crippen LogP) is 2.32. The van der Waals surface area contributed by atoms with Gasteiger partial charge in [-0.1, -0.05) is 25.9 Å². The minimum atomic E-state index is 0.141. The molecule has 0 saturated carbocycles. The molecule has 7 nitrogen and oxygen atoms in total. The van der Waals surface area contributed by atoms with Crippen molar-refractivity contribution in [2.24, 2.45) is 16.3 Å². The molecule has 0 aliphatic carbocycles. The van der Waals surface area contributed by atoms with Crippen molar-refractivity contribution in [1.29, 1.82) is 0 Å². The Kier molecular flexibility index (Phi) is 7.23. The molecule has 1 aromatic heterocycles. The lowest BCUT2D eigenvalue weighted by Crippen LogP contribution is -2.43. The third-order valence-corrected chi connectivity index (χ3v) is 4.33. The van der Waals surface area contributed by atoms with Crippen LogP contribution in [0.1, 0.15) is 52.3 Å². The lowest BCUT2D eigenvalue weighted by atomic mass is 9.78. The normalized spacial score (nSPS) is 22.0. The molecule has 1 aliphatic rings. The fourth-order valence-electron chi connectivity index (χ4n) is 3.27. The molecular weight excluding hydrogens is 318 g/mol. The molecule has 0 bridgehead atoms. The van der Waals surface area contributed by atoms with Gasteiger partial charge in [0.05, 0.1) is 6.10 Å². The van der Waals surface area contributed by atoms with Gasteiger partial charge in [0, 0.05) is 38.6 Å². The maximum absolute atomic E-state index is 6.05. The van der Waals surface area contributed by atoms with Crippen molar-refractivity contribution in [3.05, 3.63) is 11.7 Å². The van der Waals surface area contributed by atoms with Crippen LogP contribution in [0, 0.1) is 18.3 Å². The second-order valence-electron chi connectivity index (χ2n) is 7.69. The number of ether oxygens (including phenoxy) is 1. The fourth-order valence-corrected chi connectivity index (χ4v) is 3.27. The van der Waals surface area contributed by atoms with E-state index < -0.39 is 0 Å². The van der Waals surface area contributed by atoms with Crippen LogP contribution in [-0.4, -0.2) is 48.4 Å². The predicted molar refractivity (Wildman–Crippen MR) is 98.6 cm³/mol. The number of rotatable bonds is 6. The molecule has 2 rings (SSSR count). The molecule has 2 unspecified atom stereocenters. The molecule has 2 N–H and O–H groups in total. The Hall–Kier alpha value is -1.63. The number of hydrogen-bond acceptors (Lipinski definition) is 5. The molecule has 25 heavy (non-hydrogen) atoms. The molecule has 0 amide bonds. The summed E-state index contributed by atoms with van der Waals surface area (Å²) in [5, 5.41) is 10.4. The van der Waals surface area contributed by atoms with Gasteiger partial charge < -0.3 is 19.9 Å². The third kappa shape index (κ3) is 6.30. The molecule has 1 fully saturated rings. The summed E-state index contributed by atoms with van der Waals surface area (Å²) in [6.07, 6.45) is 3.23. The maximum Gasteiger partial charge on any atom is 0.228 e. The van der Waals surface area contributed by atoms with E-state index >= 15 is 0 Å². The Bertz CT molecular complexity index is 550. The molecule has 7 heteroatoms. The first-order chi connectivity index (χ1) is 11.9. The summed E-state index contributed by atoms with van der Waals surface area (Å²) in [6.45, 7) is 13.8. The fraction of sp³-hybridized carbons (Fsp3) is 0.833. The number of hydrogen-bond donors (Lipinski definition) is 2. The summed E-state index contributed by atoms with van der Waals surface area (Å²) in [5.74, 6) is 2.61. The number of guanidine groups is 1. The number of nitrogens with one attached hydrogen (secondary N) is 2. The van der Waals surface area contributed by atoms with Crippen LogP contribution < -0.4 is 10.6 Å². The molecule has 1 aromatic rings. The number of nitrogens with zero attached hydrogens (tertiary/aromatic N) is 3. The van der Waals surface area contributed by atoms with E-state index in [-0.39, 0.29) is 11.5 Å². The second-order valence-corrected chi connectivity index (χ2v) is 7.69. The smallest absolute Gasteiger partial charge is 0.228 e. The van der Waals surface area contributed by atoms with Crippen LogP contribution in [0.5, 0.6) is 0 Å². The monoisotopic (exact) mass is 351 g/mol. The zero-order valence-corrected chi connectivity index (χ0v) is 16.3. The number of aromatic nitrogens is 2. The molecule has 0 radical (unpaired) electrons. The Morgan fingerprint density at radius 1 is 1.32 bits per heavy atom.